The maximum absolute atomic E-state index is 11.8. The summed E-state index contributed by atoms with van der Waals surface area (Å²) in [5, 5.41) is 3.94. The molecule has 0 radical (unpaired) electrons. The molecule has 16 heavy (non-hydrogen) atoms. The van der Waals surface area contributed by atoms with Crippen LogP contribution in [0, 0.1) is 0 Å². The van der Waals surface area contributed by atoms with Crippen molar-refractivity contribution in [3.8, 4) is 0 Å². The predicted octanol–water partition coefficient (Wildman–Crippen LogP) is -0.378. The second kappa shape index (κ2) is 4.06. The first kappa shape index (κ1) is 10.8. The Kier molecular flexibility index (Phi) is 2.75. The van der Waals surface area contributed by atoms with Gasteiger partial charge in [-0.25, -0.2) is 18.1 Å². The number of aromatic nitrogens is 4. The summed E-state index contributed by atoms with van der Waals surface area (Å²) in [5.41, 5.74) is 0.700. The lowest BCUT2D eigenvalue weighted by Crippen LogP contribution is -2.25. The Morgan fingerprint density at radius 2 is 2.38 bits per heavy atom. The Morgan fingerprint density at radius 3 is 2.94 bits per heavy atom. The molecular formula is C8H11N5O2S. The van der Waals surface area contributed by atoms with Crippen LogP contribution < -0.4 is 4.72 Å². The normalized spacial score (nSPS) is 11.8. The maximum atomic E-state index is 11.8. The fourth-order valence-electron chi connectivity index (χ4n) is 1.25. The second-order valence-corrected chi connectivity index (χ2v) is 4.91. The van der Waals surface area contributed by atoms with E-state index in [1.54, 1.807) is 13.2 Å². The van der Waals surface area contributed by atoms with Crippen molar-refractivity contribution in [2.24, 2.45) is 7.05 Å². The molecule has 0 aliphatic heterocycles. The highest BCUT2D eigenvalue weighted by atomic mass is 32.2. The molecule has 0 aliphatic rings. The van der Waals surface area contributed by atoms with Gasteiger partial charge in [0.25, 0.3) is 10.0 Å². The van der Waals surface area contributed by atoms with Gasteiger partial charge < -0.3 is 4.98 Å². The van der Waals surface area contributed by atoms with Crippen LogP contribution in [0.1, 0.15) is 5.69 Å². The number of aryl methyl sites for hydroxylation is 1. The third kappa shape index (κ3) is 2.12. The number of hydrogen-bond donors (Lipinski definition) is 2. The van der Waals surface area contributed by atoms with Crippen LogP contribution in [0.4, 0.5) is 0 Å². The minimum atomic E-state index is -3.52. The summed E-state index contributed by atoms with van der Waals surface area (Å²) in [5.74, 6) is 0. The highest BCUT2D eigenvalue weighted by molar-refractivity contribution is 7.89. The van der Waals surface area contributed by atoms with E-state index in [4.69, 9.17) is 0 Å². The molecule has 2 aromatic rings. The Hall–Kier alpha value is -1.67. The van der Waals surface area contributed by atoms with E-state index in [-0.39, 0.29) is 11.6 Å². The first-order valence-corrected chi connectivity index (χ1v) is 6.03. The van der Waals surface area contributed by atoms with E-state index in [2.05, 4.69) is 19.8 Å². The van der Waals surface area contributed by atoms with Crippen molar-refractivity contribution in [1.29, 1.82) is 0 Å². The molecule has 0 atom stereocenters. The quantitative estimate of drug-likeness (QED) is 0.763. The van der Waals surface area contributed by atoms with Gasteiger partial charge in [0.2, 0.25) is 0 Å². The number of imidazole rings is 1. The molecule has 0 unspecified atom stereocenters. The highest BCUT2D eigenvalue weighted by Crippen LogP contribution is 2.06. The average Bonchev–Trinajstić information content (AvgIpc) is 2.85. The van der Waals surface area contributed by atoms with E-state index in [1.807, 2.05) is 0 Å². The van der Waals surface area contributed by atoms with Gasteiger partial charge in [-0.15, -0.1) is 0 Å². The van der Waals surface area contributed by atoms with Crippen molar-refractivity contribution in [1.82, 2.24) is 24.5 Å². The Balaban J connectivity index is 2.13. The van der Waals surface area contributed by atoms with E-state index in [0.29, 0.717) is 5.69 Å². The number of rotatable bonds is 4. The lowest BCUT2D eigenvalue weighted by molar-refractivity contribution is 0.562. The molecule has 0 spiro atoms. The molecule has 0 aliphatic carbocycles. The van der Waals surface area contributed by atoms with Crippen molar-refractivity contribution in [2.75, 3.05) is 0 Å². The fourth-order valence-corrected chi connectivity index (χ4v) is 2.38. The van der Waals surface area contributed by atoms with Gasteiger partial charge in [-0.3, -0.25) is 4.68 Å². The monoisotopic (exact) mass is 241 g/mol. The molecule has 0 saturated heterocycles. The van der Waals surface area contributed by atoms with Crippen LogP contribution in [0.2, 0.25) is 0 Å². The van der Waals surface area contributed by atoms with Gasteiger partial charge in [0, 0.05) is 18.9 Å². The zero-order chi connectivity index (χ0) is 11.6. The van der Waals surface area contributed by atoms with Gasteiger partial charge in [0.1, 0.15) is 0 Å². The molecule has 8 heteroatoms. The number of H-pyrrole nitrogens is 1. The Labute approximate surface area is 92.6 Å². The molecule has 0 bridgehead atoms. The smallest absolute Gasteiger partial charge is 0.258 e. The van der Waals surface area contributed by atoms with Crippen molar-refractivity contribution in [3.05, 3.63) is 30.5 Å². The van der Waals surface area contributed by atoms with E-state index in [0.717, 1.165) is 0 Å². The van der Waals surface area contributed by atoms with Crippen molar-refractivity contribution >= 4 is 10.0 Å². The molecule has 86 valence electrons. The van der Waals surface area contributed by atoms with E-state index < -0.39 is 10.0 Å². The van der Waals surface area contributed by atoms with Gasteiger partial charge in [0.05, 0.1) is 19.1 Å². The Morgan fingerprint density at radius 1 is 1.56 bits per heavy atom. The van der Waals surface area contributed by atoms with Gasteiger partial charge in [-0.2, -0.15) is 5.10 Å². The molecular weight excluding hydrogens is 230 g/mol. The van der Waals surface area contributed by atoms with Crippen LogP contribution in [-0.4, -0.2) is 28.2 Å². The second-order valence-electron chi connectivity index (χ2n) is 3.19. The lowest BCUT2D eigenvalue weighted by atomic mass is 10.5. The number of hydrogen-bond acceptors (Lipinski definition) is 4. The molecule has 2 aromatic heterocycles. The van der Waals surface area contributed by atoms with E-state index in [1.165, 1.54) is 23.3 Å². The van der Waals surface area contributed by atoms with Crippen LogP contribution >= 0.6 is 0 Å². The molecule has 0 saturated carbocycles. The summed E-state index contributed by atoms with van der Waals surface area (Å²) in [6.07, 6.45) is 4.49. The summed E-state index contributed by atoms with van der Waals surface area (Å²) in [7, 11) is -1.95. The molecule has 2 N–H and O–H groups in total. The summed E-state index contributed by atoms with van der Waals surface area (Å²) in [6, 6.07) is 1.44. The molecule has 2 rings (SSSR count). The van der Waals surface area contributed by atoms with Crippen LogP contribution in [-0.2, 0) is 23.6 Å². The third-order valence-electron chi connectivity index (χ3n) is 2.06. The standard InChI is InChI=1S/C8H11N5O2S/c1-13-8(2-3-11-13)16(14,15)12-5-7-4-9-6-10-7/h2-4,6,12H,5H2,1H3,(H,9,10). The van der Waals surface area contributed by atoms with Crippen LogP contribution in [0.25, 0.3) is 0 Å². The van der Waals surface area contributed by atoms with Crippen molar-refractivity contribution in [3.63, 3.8) is 0 Å². The zero-order valence-corrected chi connectivity index (χ0v) is 9.40. The summed E-state index contributed by atoms with van der Waals surface area (Å²) < 4.78 is 27.4. The van der Waals surface area contributed by atoms with E-state index >= 15 is 0 Å². The first-order valence-electron chi connectivity index (χ1n) is 4.54. The Bertz CT molecular complexity index is 557. The topological polar surface area (TPSA) is 92.7 Å². The van der Waals surface area contributed by atoms with Gasteiger partial charge in [0.15, 0.2) is 5.03 Å². The predicted molar refractivity (Wildman–Crippen MR) is 55.8 cm³/mol. The van der Waals surface area contributed by atoms with Crippen molar-refractivity contribution < 1.29 is 8.42 Å². The number of nitrogens with zero attached hydrogens (tertiary/aromatic N) is 3. The average molecular weight is 241 g/mol. The number of aromatic amines is 1. The number of sulfonamides is 1. The largest absolute Gasteiger partial charge is 0.347 e. The highest BCUT2D eigenvalue weighted by Gasteiger charge is 2.17. The van der Waals surface area contributed by atoms with Crippen LogP contribution in [0.3, 0.4) is 0 Å². The summed E-state index contributed by atoms with van der Waals surface area (Å²) in [4.78, 5) is 6.60. The molecule has 0 aromatic carbocycles. The summed E-state index contributed by atoms with van der Waals surface area (Å²) in [6.45, 7) is 0.174. The van der Waals surface area contributed by atoms with Crippen LogP contribution in [0.5, 0.6) is 0 Å². The SMILES string of the molecule is Cn1nccc1S(=O)(=O)NCc1cnc[nH]1. The molecule has 7 nitrogen and oxygen atoms in total. The first-order chi connectivity index (χ1) is 7.59. The lowest BCUT2D eigenvalue weighted by Gasteiger charge is -2.05. The van der Waals surface area contributed by atoms with E-state index in [9.17, 15) is 8.42 Å². The number of nitrogens with one attached hydrogen (secondary N) is 2. The molecule has 0 amide bonds. The molecule has 0 fully saturated rings. The van der Waals surface area contributed by atoms with Gasteiger partial charge >= 0.3 is 0 Å². The molecule has 2 heterocycles. The van der Waals surface area contributed by atoms with Gasteiger partial charge in [-0.1, -0.05) is 0 Å². The zero-order valence-electron chi connectivity index (χ0n) is 8.58. The fraction of sp³-hybridized carbons (Fsp3) is 0.250. The maximum Gasteiger partial charge on any atom is 0.258 e. The van der Waals surface area contributed by atoms with Crippen molar-refractivity contribution in [2.45, 2.75) is 11.6 Å². The van der Waals surface area contributed by atoms with Crippen LogP contribution in [0.15, 0.2) is 29.8 Å². The minimum Gasteiger partial charge on any atom is -0.347 e. The summed E-state index contributed by atoms with van der Waals surface area (Å²) >= 11 is 0. The minimum absolute atomic E-state index is 0.131. The third-order valence-corrected chi connectivity index (χ3v) is 3.53. The van der Waals surface area contributed by atoms with Gasteiger partial charge in [-0.05, 0) is 6.07 Å².